The highest BCUT2D eigenvalue weighted by Crippen LogP contribution is 2.07. The van der Waals surface area contributed by atoms with Crippen molar-refractivity contribution in [1.82, 2.24) is 4.90 Å². The average Bonchev–Trinajstić information content (AvgIpc) is 2.47. The average molecular weight is 350 g/mol. The topological polar surface area (TPSA) is 37.4 Å². The van der Waals surface area contributed by atoms with E-state index in [0.717, 1.165) is 0 Å². The van der Waals surface area contributed by atoms with Crippen LogP contribution in [-0.4, -0.2) is 37.6 Å². The number of carbonyl (C=O) groups is 2. The Hall–Kier alpha value is -1.78. The van der Waals surface area contributed by atoms with Gasteiger partial charge in [0.05, 0.1) is 0 Å². The van der Waals surface area contributed by atoms with Gasteiger partial charge in [0.2, 0.25) is 11.6 Å². The lowest BCUT2D eigenvalue weighted by molar-refractivity contribution is 0.0817. The molecule has 2 aromatic rings. The number of halogens is 1. The fourth-order valence-electron chi connectivity index (χ4n) is 1.44. The normalized spacial score (nSPS) is 9.14. The van der Waals surface area contributed by atoms with E-state index in [-0.39, 0.29) is 17.0 Å². The number of Topliss-reactive ketones (excluding diaryl/α,β-unsaturated/α-hetero) is 2. The molecule has 2 rings (SSSR count). The first-order chi connectivity index (χ1) is 9.52. The van der Waals surface area contributed by atoms with Crippen LogP contribution in [0, 0.1) is 0 Å². The van der Waals surface area contributed by atoms with E-state index < -0.39 is 11.6 Å². The summed E-state index contributed by atoms with van der Waals surface area (Å²) in [5.74, 6) is -0.932. The molecule has 0 atom stereocenters. The van der Waals surface area contributed by atoms with Crippen molar-refractivity contribution < 1.29 is 9.59 Å². The maximum atomic E-state index is 11.8. The highest BCUT2D eigenvalue weighted by Gasteiger charge is 2.16. The van der Waals surface area contributed by atoms with E-state index >= 15 is 0 Å². The van der Waals surface area contributed by atoms with E-state index in [1.807, 2.05) is 38.2 Å². The van der Waals surface area contributed by atoms with Gasteiger partial charge in [0.15, 0.2) is 0 Å². The minimum Gasteiger partial charge on any atom is -0.312 e. The van der Waals surface area contributed by atoms with E-state index in [0.29, 0.717) is 11.1 Å². The third-order valence-electron chi connectivity index (χ3n) is 2.28. The van der Waals surface area contributed by atoms with Gasteiger partial charge in [-0.15, -0.1) is 17.0 Å². The number of benzene rings is 2. The van der Waals surface area contributed by atoms with Gasteiger partial charge in [0.1, 0.15) is 0 Å². The monoisotopic (exact) mass is 349 g/mol. The summed E-state index contributed by atoms with van der Waals surface area (Å²) in [7, 11) is 6.00. The number of hydrogen-bond acceptors (Lipinski definition) is 3. The van der Waals surface area contributed by atoms with Crippen molar-refractivity contribution in [3.8, 4) is 0 Å². The van der Waals surface area contributed by atoms with Gasteiger partial charge in [-0.3, -0.25) is 9.59 Å². The summed E-state index contributed by atoms with van der Waals surface area (Å²) in [4.78, 5) is 25.6. The summed E-state index contributed by atoms with van der Waals surface area (Å²) < 4.78 is 0. The van der Waals surface area contributed by atoms with E-state index in [1.165, 1.54) is 0 Å². The Bertz CT molecular complexity index is 501. The summed E-state index contributed by atoms with van der Waals surface area (Å²) in [5, 5.41) is 0. The van der Waals surface area contributed by atoms with Gasteiger partial charge in [-0.2, -0.15) is 0 Å². The molecule has 0 heterocycles. The molecule has 0 aromatic heterocycles. The largest absolute Gasteiger partial charge is 0.312 e. The molecule has 0 radical (unpaired) electrons. The lowest BCUT2D eigenvalue weighted by Crippen LogP contribution is -2.14. The third-order valence-corrected chi connectivity index (χ3v) is 2.28. The molecule has 0 aliphatic rings. The van der Waals surface area contributed by atoms with E-state index in [1.54, 1.807) is 48.5 Å². The minimum absolute atomic E-state index is 0. The van der Waals surface area contributed by atoms with E-state index in [9.17, 15) is 9.59 Å². The molecular formula is C17H20BrNO2. The summed E-state index contributed by atoms with van der Waals surface area (Å²) in [6.45, 7) is 0. The summed E-state index contributed by atoms with van der Waals surface area (Å²) >= 11 is 0. The lowest BCUT2D eigenvalue weighted by atomic mass is 10.0. The van der Waals surface area contributed by atoms with Gasteiger partial charge in [-0.05, 0) is 21.1 Å². The molecule has 0 spiro atoms. The van der Waals surface area contributed by atoms with Gasteiger partial charge in [-0.25, -0.2) is 0 Å². The molecule has 0 aliphatic heterocycles. The van der Waals surface area contributed by atoms with Crippen LogP contribution in [0.1, 0.15) is 20.7 Å². The predicted molar refractivity (Wildman–Crippen MR) is 91.5 cm³/mol. The first-order valence-corrected chi connectivity index (χ1v) is 6.32. The SMILES string of the molecule is Br.CN(C)C.O=C(C(=O)c1ccccc1)c1ccccc1. The summed E-state index contributed by atoms with van der Waals surface area (Å²) in [6, 6.07) is 17.2. The van der Waals surface area contributed by atoms with Gasteiger partial charge in [0.25, 0.3) is 0 Å². The van der Waals surface area contributed by atoms with Crippen LogP contribution >= 0.6 is 17.0 Å². The Morgan fingerprint density at radius 3 is 1.14 bits per heavy atom. The Kier molecular flexibility index (Phi) is 9.17. The molecule has 4 heteroatoms. The van der Waals surface area contributed by atoms with Gasteiger partial charge in [-0.1, -0.05) is 60.7 Å². The predicted octanol–water partition coefficient (Wildman–Crippen LogP) is 3.51. The molecular weight excluding hydrogens is 330 g/mol. The minimum atomic E-state index is -0.466. The zero-order valence-corrected chi connectivity index (χ0v) is 14.2. The first-order valence-electron chi connectivity index (χ1n) is 6.32. The second-order valence-corrected chi connectivity index (χ2v) is 4.73. The Balaban J connectivity index is 0.000000715. The van der Waals surface area contributed by atoms with Crippen LogP contribution in [0.15, 0.2) is 60.7 Å². The third kappa shape index (κ3) is 6.97. The summed E-state index contributed by atoms with van der Waals surface area (Å²) in [5.41, 5.74) is 0.854. The maximum Gasteiger partial charge on any atom is 0.233 e. The maximum absolute atomic E-state index is 11.8. The molecule has 0 saturated carbocycles. The van der Waals surface area contributed by atoms with Gasteiger partial charge in [0, 0.05) is 11.1 Å². The Morgan fingerprint density at radius 2 is 0.905 bits per heavy atom. The van der Waals surface area contributed by atoms with Crippen molar-refractivity contribution in [1.29, 1.82) is 0 Å². The lowest BCUT2D eigenvalue weighted by Gasteiger charge is -1.99. The van der Waals surface area contributed by atoms with E-state index in [2.05, 4.69) is 0 Å². The van der Waals surface area contributed by atoms with Crippen molar-refractivity contribution in [3.63, 3.8) is 0 Å². The second kappa shape index (κ2) is 10.0. The molecule has 2 aromatic carbocycles. The molecule has 0 saturated heterocycles. The van der Waals surface area contributed by atoms with Gasteiger partial charge < -0.3 is 4.90 Å². The van der Waals surface area contributed by atoms with Crippen LogP contribution in [-0.2, 0) is 0 Å². The van der Waals surface area contributed by atoms with Crippen molar-refractivity contribution in [3.05, 3.63) is 71.8 Å². The van der Waals surface area contributed by atoms with Gasteiger partial charge >= 0.3 is 0 Å². The smallest absolute Gasteiger partial charge is 0.233 e. The number of nitrogens with zero attached hydrogens (tertiary/aromatic N) is 1. The molecule has 0 amide bonds. The quantitative estimate of drug-likeness (QED) is 0.628. The summed E-state index contributed by atoms with van der Waals surface area (Å²) in [6.07, 6.45) is 0. The highest BCUT2D eigenvalue weighted by atomic mass is 79.9. The Labute approximate surface area is 136 Å². The Morgan fingerprint density at radius 1 is 0.667 bits per heavy atom. The van der Waals surface area contributed by atoms with Crippen LogP contribution < -0.4 is 0 Å². The fourth-order valence-corrected chi connectivity index (χ4v) is 1.44. The van der Waals surface area contributed by atoms with Crippen molar-refractivity contribution >= 4 is 28.5 Å². The van der Waals surface area contributed by atoms with Crippen LogP contribution in [0.5, 0.6) is 0 Å². The molecule has 0 N–H and O–H groups in total. The van der Waals surface area contributed by atoms with Crippen molar-refractivity contribution in [2.45, 2.75) is 0 Å². The molecule has 21 heavy (non-hydrogen) atoms. The molecule has 3 nitrogen and oxygen atoms in total. The molecule has 0 aliphatic carbocycles. The van der Waals surface area contributed by atoms with Crippen molar-refractivity contribution in [2.24, 2.45) is 0 Å². The molecule has 0 unspecified atom stereocenters. The van der Waals surface area contributed by atoms with Crippen molar-refractivity contribution in [2.75, 3.05) is 21.1 Å². The second-order valence-electron chi connectivity index (χ2n) is 4.73. The molecule has 112 valence electrons. The fraction of sp³-hybridized carbons (Fsp3) is 0.176. The number of carbonyl (C=O) groups excluding carboxylic acids is 2. The standard InChI is InChI=1S/C14H10O2.C3H9N.BrH/c15-13(11-7-3-1-4-8-11)14(16)12-9-5-2-6-10-12;1-4(2)3;/h1-10H;1-3H3;1H. The van der Waals surface area contributed by atoms with Crippen LogP contribution in [0.25, 0.3) is 0 Å². The molecule has 0 fully saturated rings. The zero-order chi connectivity index (χ0) is 15.0. The highest BCUT2D eigenvalue weighted by molar-refractivity contribution is 8.93. The van der Waals surface area contributed by atoms with Crippen LogP contribution in [0.3, 0.4) is 0 Å². The molecule has 0 bridgehead atoms. The van der Waals surface area contributed by atoms with E-state index in [4.69, 9.17) is 0 Å². The van der Waals surface area contributed by atoms with Crippen LogP contribution in [0.2, 0.25) is 0 Å². The number of ketones is 2. The first kappa shape index (κ1) is 19.2. The zero-order valence-electron chi connectivity index (χ0n) is 12.4. The number of hydrogen-bond donors (Lipinski definition) is 0. The number of rotatable bonds is 3. The van der Waals surface area contributed by atoms with Crippen LogP contribution in [0.4, 0.5) is 0 Å².